The van der Waals surface area contributed by atoms with E-state index in [-0.39, 0.29) is 6.10 Å². The van der Waals surface area contributed by atoms with Gasteiger partial charge < -0.3 is 15.0 Å². The summed E-state index contributed by atoms with van der Waals surface area (Å²) in [6.45, 7) is 3.51. The highest BCUT2D eigenvalue weighted by atomic mass is 19.1. The largest absolute Gasteiger partial charge is 0.487 e. The molecular weight excluding hydrogens is 243 g/mol. The molecule has 0 radical (unpaired) electrons. The molecule has 0 bridgehead atoms. The minimum atomic E-state index is -0.910. The normalized spacial score (nSPS) is 27.5. The fourth-order valence-electron chi connectivity index (χ4n) is 2.81. The van der Waals surface area contributed by atoms with E-state index in [0.717, 1.165) is 31.8 Å². The fourth-order valence-corrected chi connectivity index (χ4v) is 2.81. The Balaban J connectivity index is 1.62. The van der Waals surface area contributed by atoms with Crippen molar-refractivity contribution in [3.8, 4) is 5.75 Å². The van der Waals surface area contributed by atoms with Crippen LogP contribution in [0.4, 0.5) is 10.1 Å². The third-order valence-corrected chi connectivity index (χ3v) is 3.94. The maximum atomic E-state index is 13.7. The van der Waals surface area contributed by atoms with Gasteiger partial charge in [0.2, 0.25) is 0 Å². The smallest absolute Gasteiger partial charge is 0.149 e. The van der Waals surface area contributed by atoms with Crippen LogP contribution in [0.15, 0.2) is 24.3 Å². The molecule has 0 spiro atoms. The molecule has 0 saturated carbocycles. The van der Waals surface area contributed by atoms with E-state index in [0.29, 0.717) is 6.54 Å². The van der Waals surface area contributed by atoms with E-state index in [2.05, 4.69) is 22.3 Å². The van der Waals surface area contributed by atoms with E-state index in [4.69, 9.17) is 4.74 Å². The number of halogens is 1. The molecule has 1 aromatic rings. The van der Waals surface area contributed by atoms with Crippen molar-refractivity contribution in [1.29, 1.82) is 0 Å². The van der Waals surface area contributed by atoms with Gasteiger partial charge >= 0.3 is 0 Å². The van der Waals surface area contributed by atoms with Gasteiger partial charge in [-0.15, -0.1) is 0 Å². The van der Waals surface area contributed by atoms with Crippen molar-refractivity contribution in [3.63, 3.8) is 0 Å². The summed E-state index contributed by atoms with van der Waals surface area (Å²) in [6, 6.07) is 8.08. The van der Waals surface area contributed by atoms with Crippen molar-refractivity contribution in [3.05, 3.63) is 24.3 Å². The minimum Gasteiger partial charge on any atom is -0.487 e. The highest BCUT2D eigenvalue weighted by Gasteiger charge is 2.26. The van der Waals surface area contributed by atoms with Gasteiger partial charge in [-0.1, -0.05) is 0 Å². The molecule has 2 unspecified atom stereocenters. The zero-order valence-corrected chi connectivity index (χ0v) is 11.1. The SMILES string of the molecule is FC1CNCCC1Oc1ccc(N2CCCC2)cc1. The molecule has 2 heterocycles. The Morgan fingerprint density at radius 1 is 1.16 bits per heavy atom. The van der Waals surface area contributed by atoms with Crippen molar-refractivity contribution in [2.45, 2.75) is 31.5 Å². The number of nitrogens with zero attached hydrogens (tertiary/aromatic N) is 1. The summed E-state index contributed by atoms with van der Waals surface area (Å²) in [6.07, 6.45) is 2.06. The highest BCUT2D eigenvalue weighted by Crippen LogP contribution is 2.24. The van der Waals surface area contributed by atoms with Gasteiger partial charge in [0.05, 0.1) is 0 Å². The number of piperidine rings is 1. The van der Waals surface area contributed by atoms with Crippen LogP contribution >= 0.6 is 0 Å². The predicted molar refractivity (Wildman–Crippen MR) is 74.7 cm³/mol. The number of benzene rings is 1. The van der Waals surface area contributed by atoms with Crippen LogP contribution < -0.4 is 15.0 Å². The second kappa shape index (κ2) is 5.78. The monoisotopic (exact) mass is 264 g/mol. The van der Waals surface area contributed by atoms with Crippen LogP contribution in [0, 0.1) is 0 Å². The fraction of sp³-hybridized carbons (Fsp3) is 0.600. The summed E-state index contributed by atoms with van der Waals surface area (Å²) in [5, 5.41) is 3.03. The minimum absolute atomic E-state index is 0.307. The van der Waals surface area contributed by atoms with Gasteiger partial charge in [0.1, 0.15) is 18.0 Å². The summed E-state index contributed by atoms with van der Waals surface area (Å²) in [7, 11) is 0. The Morgan fingerprint density at radius 3 is 2.58 bits per heavy atom. The van der Waals surface area contributed by atoms with Crippen molar-refractivity contribution in [2.75, 3.05) is 31.1 Å². The van der Waals surface area contributed by atoms with Crippen LogP contribution in [0.25, 0.3) is 0 Å². The molecule has 1 N–H and O–H groups in total. The van der Waals surface area contributed by atoms with Crippen molar-refractivity contribution in [1.82, 2.24) is 5.32 Å². The third kappa shape index (κ3) is 3.00. The van der Waals surface area contributed by atoms with E-state index in [1.807, 2.05) is 12.1 Å². The molecule has 4 heteroatoms. The highest BCUT2D eigenvalue weighted by molar-refractivity contribution is 5.49. The predicted octanol–water partition coefficient (Wildman–Crippen LogP) is 2.37. The molecule has 2 saturated heterocycles. The Kier molecular flexibility index (Phi) is 3.87. The van der Waals surface area contributed by atoms with Crippen LogP contribution in [-0.2, 0) is 0 Å². The summed E-state index contributed by atoms with van der Waals surface area (Å²) in [5.74, 6) is 0.775. The lowest BCUT2D eigenvalue weighted by molar-refractivity contribution is 0.0732. The molecule has 104 valence electrons. The molecule has 1 aromatic carbocycles. The van der Waals surface area contributed by atoms with Gasteiger partial charge in [-0.2, -0.15) is 0 Å². The van der Waals surface area contributed by atoms with Gasteiger partial charge in [-0.05, 0) is 50.1 Å². The number of anilines is 1. The lowest BCUT2D eigenvalue weighted by Gasteiger charge is -2.27. The first kappa shape index (κ1) is 12.7. The van der Waals surface area contributed by atoms with Gasteiger partial charge in [0.15, 0.2) is 0 Å². The molecule has 19 heavy (non-hydrogen) atoms. The third-order valence-electron chi connectivity index (χ3n) is 3.94. The Hall–Kier alpha value is -1.29. The van der Waals surface area contributed by atoms with E-state index in [9.17, 15) is 4.39 Å². The number of nitrogens with one attached hydrogen (secondary N) is 1. The Morgan fingerprint density at radius 2 is 1.89 bits per heavy atom. The van der Waals surface area contributed by atoms with Crippen molar-refractivity contribution >= 4 is 5.69 Å². The van der Waals surface area contributed by atoms with Crippen LogP contribution in [-0.4, -0.2) is 38.5 Å². The average Bonchev–Trinajstić information content (AvgIpc) is 2.96. The molecule has 2 fully saturated rings. The second-order valence-electron chi connectivity index (χ2n) is 5.35. The number of ether oxygens (including phenoxy) is 1. The van der Waals surface area contributed by atoms with E-state index >= 15 is 0 Å². The standard InChI is InChI=1S/C15H21FN2O/c16-14-11-17-8-7-15(14)19-13-5-3-12(4-6-13)18-9-1-2-10-18/h3-6,14-15,17H,1-2,7-11H2. The van der Waals surface area contributed by atoms with E-state index in [1.165, 1.54) is 18.5 Å². The summed E-state index contributed by atoms with van der Waals surface area (Å²) < 4.78 is 19.4. The average molecular weight is 264 g/mol. The molecule has 0 amide bonds. The first-order chi connectivity index (χ1) is 9.33. The number of hydrogen-bond acceptors (Lipinski definition) is 3. The molecule has 0 aliphatic carbocycles. The zero-order chi connectivity index (χ0) is 13.1. The van der Waals surface area contributed by atoms with Gasteiger partial charge in [0, 0.05) is 25.3 Å². The summed E-state index contributed by atoms with van der Waals surface area (Å²) >= 11 is 0. The number of hydrogen-bond donors (Lipinski definition) is 1. The lowest BCUT2D eigenvalue weighted by atomic mass is 10.1. The van der Waals surface area contributed by atoms with Crippen LogP contribution in [0.5, 0.6) is 5.75 Å². The molecule has 0 aromatic heterocycles. The first-order valence-corrected chi connectivity index (χ1v) is 7.19. The molecule has 2 atom stereocenters. The molecule has 2 aliphatic rings. The van der Waals surface area contributed by atoms with Gasteiger partial charge in [-0.3, -0.25) is 0 Å². The van der Waals surface area contributed by atoms with Crippen LogP contribution in [0.1, 0.15) is 19.3 Å². The summed E-state index contributed by atoms with van der Waals surface area (Å²) in [5.41, 5.74) is 1.24. The Labute approximate surface area is 113 Å². The molecule has 2 aliphatic heterocycles. The maximum Gasteiger partial charge on any atom is 0.149 e. The molecular formula is C15H21FN2O. The Bertz CT molecular complexity index is 403. The van der Waals surface area contributed by atoms with Gasteiger partial charge in [0.25, 0.3) is 0 Å². The number of rotatable bonds is 3. The van der Waals surface area contributed by atoms with E-state index < -0.39 is 6.17 Å². The van der Waals surface area contributed by atoms with Gasteiger partial charge in [-0.25, -0.2) is 4.39 Å². The molecule has 3 rings (SSSR count). The second-order valence-corrected chi connectivity index (χ2v) is 5.35. The summed E-state index contributed by atoms with van der Waals surface area (Å²) in [4.78, 5) is 2.38. The maximum absolute atomic E-state index is 13.7. The van der Waals surface area contributed by atoms with Crippen molar-refractivity contribution < 1.29 is 9.13 Å². The zero-order valence-electron chi connectivity index (χ0n) is 11.1. The lowest BCUT2D eigenvalue weighted by Crippen LogP contribution is -2.44. The first-order valence-electron chi connectivity index (χ1n) is 7.19. The number of alkyl halides is 1. The van der Waals surface area contributed by atoms with Crippen molar-refractivity contribution in [2.24, 2.45) is 0 Å². The van der Waals surface area contributed by atoms with E-state index in [1.54, 1.807) is 0 Å². The van der Waals surface area contributed by atoms with Crippen LogP contribution in [0.3, 0.4) is 0 Å². The quantitative estimate of drug-likeness (QED) is 0.907. The van der Waals surface area contributed by atoms with Crippen LogP contribution in [0.2, 0.25) is 0 Å². The topological polar surface area (TPSA) is 24.5 Å². The molecule has 3 nitrogen and oxygen atoms in total.